The van der Waals surface area contributed by atoms with Gasteiger partial charge in [0.2, 0.25) is 0 Å². The van der Waals surface area contributed by atoms with Crippen LogP contribution in [0, 0.1) is 0 Å². The van der Waals surface area contributed by atoms with Gasteiger partial charge in [-0.05, 0) is 24.6 Å². The lowest BCUT2D eigenvalue weighted by Gasteiger charge is -2.15. The van der Waals surface area contributed by atoms with Crippen molar-refractivity contribution in [1.82, 2.24) is 0 Å². The van der Waals surface area contributed by atoms with Gasteiger partial charge >= 0.3 is 12.6 Å². The molecular formula is C13H17F2NO4. The van der Waals surface area contributed by atoms with Gasteiger partial charge in [-0.1, -0.05) is 6.07 Å². The maximum Gasteiger partial charge on any atom is 0.387 e. The van der Waals surface area contributed by atoms with Crippen molar-refractivity contribution in [2.24, 2.45) is 5.73 Å². The van der Waals surface area contributed by atoms with E-state index in [2.05, 4.69) is 4.74 Å². The number of methoxy groups -OCH3 is 1. The van der Waals surface area contributed by atoms with Crippen LogP contribution in [0.4, 0.5) is 8.78 Å². The predicted molar refractivity (Wildman–Crippen MR) is 67.8 cm³/mol. The van der Waals surface area contributed by atoms with Crippen molar-refractivity contribution in [3.05, 3.63) is 23.8 Å². The molecule has 1 atom stereocenters. The second-order valence-electron chi connectivity index (χ2n) is 3.90. The number of hydrogen-bond acceptors (Lipinski definition) is 5. The van der Waals surface area contributed by atoms with Crippen LogP contribution >= 0.6 is 0 Å². The predicted octanol–water partition coefficient (Wildman–Crippen LogP) is 2.25. The zero-order valence-corrected chi connectivity index (χ0v) is 11.3. The Balaban J connectivity index is 2.87. The molecule has 7 heteroatoms. The first-order valence-corrected chi connectivity index (χ1v) is 6.01. The quantitative estimate of drug-likeness (QED) is 0.779. The molecule has 5 nitrogen and oxygen atoms in total. The van der Waals surface area contributed by atoms with Gasteiger partial charge in [-0.25, -0.2) is 0 Å². The van der Waals surface area contributed by atoms with E-state index in [1.54, 1.807) is 13.0 Å². The third-order valence-electron chi connectivity index (χ3n) is 2.52. The Morgan fingerprint density at radius 3 is 2.60 bits per heavy atom. The number of ether oxygens (including phenoxy) is 3. The Labute approximate surface area is 115 Å². The second kappa shape index (κ2) is 7.64. The van der Waals surface area contributed by atoms with Gasteiger partial charge in [0.05, 0.1) is 20.1 Å². The first-order chi connectivity index (χ1) is 9.47. The molecule has 20 heavy (non-hydrogen) atoms. The third-order valence-corrected chi connectivity index (χ3v) is 2.52. The van der Waals surface area contributed by atoms with E-state index in [4.69, 9.17) is 15.2 Å². The van der Waals surface area contributed by atoms with Crippen LogP contribution in [0.3, 0.4) is 0 Å². The SMILES string of the molecule is CCOC(=O)C[C@H](N)c1ccc(OC)c(OC(F)F)c1. The van der Waals surface area contributed by atoms with Gasteiger partial charge in [-0.15, -0.1) is 0 Å². The van der Waals surface area contributed by atoms with Crippen molar-refractivity contribution in [3.63, 3.8) is 0 Å². The van der Waals surface area contributed by atoms with Gasteiger partial charge in [0.15, 0.2) is 11.5 Å². The molecular weight excluding hydrogens is 272 g/mol. The Morgan fingerprint density at radius 2 is 2.05 bits per heavy atom. The number of rotatable bonds is 7. The van der Waals surface area contributed by atoms with E-state index >= 15 is 0 Å². The van der Waals surface area contributed by atoms with Gasteiger partial charge in [-0.2, -0.15) is 8.78 Å². The first-order valence-electron chi connectivity index (χ1n) is 6.01. The number of alkyl halides is 2. The highest BCUT2D eigenvalue weighted by Gasteiger charge is 2.17. The van der Waals surface area contributed by atoms with Crippen LogP contribution in [0.1, 0.15) is 24.9 Å². The summed E-state index contributed by atoms with van der Waals surface area (Å²) < 4.78 is 38.6. The molecule has 0 aromatic heterocycles. The molecule has 0 amide bonds. The van der Waals surface area contributed by atoms with Crippen molar-refractivity contribution in [2.45, 2.75) is 26.0 Å². The van der Waals surface area contributed by atoms with Crippen molar-refractivity contribution >= 4 is 5.97 Å². The van der Waals surface area contributed by atoms with Crippen molar-refractivity contribution < 1.29 is 27.8 Å². The number of carbonyl (C=O) groups is 1. The summed E-state index contributed by atoms with van der Waals surface area (Å²) in [6.45, 7) is -1.03. The molecule has 2 N–H and O–H groups in total. The molecule has 112 valence electrons. The molecule has 1 aromatic rings. The summed E-state index contributed by atoms with van der Waals surface area (Å²) in [6, 6.07) is 3.70. The number of esters is 1. The number of hydrogen-bond donors (Lipinski definition) is 1. The highest BCUT2D eigenvalue weighted by Crippen LogP contribution is 2.31. The van der Waals surface area contributed by atoms with E-state index in [9.17, 15) is 13.6 Å². The monoisotopic (exact) mass is 289 g/mol. The van der Waals surface area contributed by atoms with E-state index in [0.717, 1.165) is 0 Å². The number of carbonyl (C=O) groups excluding carboxylic acids is 1. The normalized spacial score (nSPS) is 12.1. The van der Waals surface area contributed by atoms with Crippen LogP contribution in [0.5, 0.6) is 11.5 Å². The summed E-state index contributed by atoms with van der Waals surface area (Å²) in [7, 11) is 1.34. The lowest BCUT2D eigenvalue weighted by Crippen LogP contribution is -2.17. The van der Waals surface area contributed by atoms with Gasteiger partial charge < -0.3 is 19.9 Å². The minimum absolute atomic E-state index is 0.0473. The molecule has 0 unspecified atom stereocenters. The smallest absolute Gasteiger partial charge is 0.387 e. The Hall–Kier alpha value is -1.89. The Morgan fingerprint density at radius 1 is 1.35 bits per heavy atom. The molecule has 0 radical (unpaired) electrons. The van der Waals surface area contributed by atoms with Crippen LogP contribution in [-0.4, -0.2) is 26.3 Å². The van der Waals surface area contributed by atoms with Crippen LogP contribution < -0.4 is 15.2 Å². The maximum absolute atomic E-state index is 12.3. The molecule has 0 spiro atoms. The highest BCUT2D eigenvalue weighted by molar-refractivity contribution is 5.70. The van der Waals surface area contributed by atoms with Crippen LogP contribution in [0.25, 0.3) is 0 Å². The van der Waals surface area contributed by atoms with E-state index < -0.39 is 18.6 Å². The Kier molecular flexibility index (Phi) is 6.17. The van der Waals surface area contributed by atoms with Crippen molar-refractivity contribution in [3.8, 4) is 11.5 Å². The lowest BCUT2D eigenvalue weighted by molar-refractivity contribution is -0.143. The highest BCUT2D eigenvalue weighted by atomic mass is 19.3. The summed E-state index contributed by atoms with van der Waals surface area (Å²) in [5.74, 6) is -0.413. The Bertz CT molecular complexity index is 454. The van der Waals surface area contributed by atoms with Crippen LogP contribution in [0.15, 0.2) is 18.2 Å². The number of nitrogens with two attached hydrogens (primary N) is 1. The molecule has 0 aliphatic heterocycles. The molecule has 0 aliphatic carbocycles. The van der Waals surface area contributed by atoms with Crippen LogP contribution in [0.2, 0.25) is 0 Å². The molecule has 0 saturated heterocycles. The topological polar surface area (TPSA) is 70.8 Å². The third kappa shape index (κ3) is 4.65. The van der Waals surface area contributed by atoms with Crippen molar-refractivity contribution in [2.75, 3.05) is 13.7 Å². The molecule has 0 aliphatic rings. The minimum atomic E-state index is -2.97. The van der Waals surface area contributed by atoms with Crippen molar-refractivity contribution in [1.29, 1.82) is 0 Å². The first kappa shape index (κ1) is 16.2. The average Bonchev–Trinajstić information content (AvgIpc) is 2.38. The van der Waals surface area contributed by atoms with E-state index in [1.165, 1.54) is 19.2 Å². The fraction of sp³-hybridized carbons (Fsp3) is 0.462. The van der Waals surface area contributed by atoms with Gasteiger partial charge in [-0.3, -0.25) is 4.79 Å². The summed E-state index contributed by atoms with van der Waals surface area (Å²) in [5, 5.41) is 0. The summed E-state index contributed by atoms with van der Waals surface area (Å²) in [5.41, 5.74) is 6.31. The number of benzene rings is 1. The number of halogens is 2. The minimum Gasteiger partial charge on any atom is -0.493 e. The molecule has 1 aromatic carbocycles. The van der Waals surface area contributed by atoms with Crippen LogP contribution in [-0.2, 0) is 9.53 Å². The summed E-state index contributed by atoms with van der Waals surface area (Å²) in [6.07, 6.45) is -0.0473. The second-order valence-corrected chi connectivity index (χ2v) is 3.90. The van der Waals surface area contributed by atoms with Gasteiger partial charge in [0.1, 0.15) is 0 Å². The standard InChI is InChI=1S/C13H17F2NO4/c1-3-19-12(17)7-9(16)8-4-5-10(18-2)11(6-8)20-13(14)15/h4-6,9,13H,3,7,16H2,1-2H3/t9-/m0/s1. The fourth-order valence-corrected chi connectivity index (χ4v) is 1.63. The molecule has 0 heterocycles. The van der Waals surface area contributed by atoms with Gasteiger partial charge in [0, 0.05) is 6.04 Å². The molecule has 0 saturated carbocycles. The van der Waals surface area contributed by atoms with E-state index in [0.29, 0.717) is 5.56 Å². The molecule has 0 fully saturated rings. The summed E-state index contributed by atoms with van der Waals surface area (Å²) in [4.78, 5) is 11.3. The maximum atomic E-state index is 12.3. The lowest BCUT2D eigenvalue weighted by atomic mass is 10.0. The van der Waals surface area contributed by atoms with E-state index in [-0.39, 0.29) is 24.5 Å². The fourth-order valence-electron chi connectivity index (χ4n) is 1.63. The average molecular weight is 289 g/mol. The van der Waals surface area contributed by atoms with Gasteiger partial charge in [0.25, 0.3) is 0 Å². The van der Waals surface area contributed by atoms with E-state index in [1.807, 2.05) is 0 Å². The zero-order valence-electron chi connectivity index (χ0n) is 11.3. The molecule has 1 rings (SSSR count). The largest absolute Gasteiger partial charge is 0.493 e. The summed E-state index contributed by atoms with van der Waals surface area (Å²) >= 11 is 0. The molecule has 0 bridgehead atoms. The zero-order chi connectivity index (χ0) is 15.1.